The van der Waals surface area contributed by atoms with Crippen molar-refractivity contribution in [3.8, 4) is 0 Å². The predicted octanol–water partition coefficient (Wildman–Crippen LogP) is 3.02. The zero-order chi connectivity index (χ0) is 13.8. The Balaban J connectivity index is 2.00. The second-order valence-corrected chi connectivity index (χ2v) is 6.09. The van der Waals surface area contributed by atoms with Crippen LogP contribution in [-0.4, -0.2) is 35.7 Å². The maximum Gasteiger partial charge on any atom is 0.0860 e. The summed E-state index contributed by atoms with van der Waals surface area (Å²) in [6, 6.07) is 10.7. The van der Waals surface area contributed by atoms with Crippen LogP contribution in [0.1, 0.15) is 18.5 Å². The SMILES string of the molecule is CCNC(c1cccc2ncccc12)C1CSCCO1. The summed E-state index contributed by atoms with van der Waals surface area (Å²) < 4.78 is 5.99. The minimum Gasteiger partial charge on any atom is -0.375 e. The minimum absolute atomic E-state index is 0.236. The predicted molar refractivity (Wildman–Crippen MR) is 85.2 cm³/mol. The number of nitrogens with one attached hydrogen (secondary N) is 1. The molecule has 1 aromatic carbocycles. The number of pyridine rings is 1. The lowest BCUT2D eigenvalue weighted by Gasteiger charge is -2.31. The van der Waals surface area contributed by atoms with Crippen LogP contribution in [0.15, 0.2) is 36.5 Å². The molecule has 1 aliphatic heterocycles. The molecule has 0 radical (unpaired) electrons. The molecule has 20 heavy (non-hydrogen) atoms. The fourth-order valence-electron chi connectivity index (χ4n) is 2.76. The maximum atomic E-state index is 5.99. The number of hydrogen-bond donors (Lipinski definition) is 1. The van der Waals surface area contributed by atoms with Gasteiger partial charge in [-0.25, -0.2) is 0 Å². The van der Waals surface area contributed by atoms with E-state index in [9.17, 15) is 0 Å². The molecule has 1 saturated heterocycles. The van der Waals surface area contributed by atoms with Crippen LogP contribution in [0.2, 0.25) is 0 Å². The van der Waals surface area contributed by atoms with Crippen molar-refractivity contribution in [2.24, 2.45) is 0 Å². The van der Waals surface area contributed by atoms with Crippen LogP contribution >= 0.6 is 11.8 Å². The number of aromatic nitrogens is 1. The first kappa shape index (κ1) is 13.9. The summed E-state index contributed by atoms with van der Waals surface area (Å²) >= 11 is 1.98. The third kappa shape index (κ3) is 2.82. The highest BCUT2D eigenvalue weighted by atomic mass is 32.2. The molecule has 2 aromatic rings. The lowest BCUT2D eigenvalue weighted by Crippen LogP contribution is -2.38. The molecule has 1 aliphatic rings. The first-order valence-electron chi connectivity index (χ1n) is 7.16. The fourth-order valence-corrected chi connectivity index (χ4v) is 3.66. The van der Waals surface area contributed by atoms with Crippen LogP contribution in [0.4, 0.5) is 0 Å². The number of benzene rings is 1. The smallest absolute Gasteiger partial charge is 0.0860 e. The summed E-state index contributed by atoms with van der Waals surface area (Å²) in [4.78, 5) is 4.46. The molecule has 2 unspecified atom stereocenters. The van der Waals surface area contributed by atoms with Gasteiger partial charge >= 0.3 is 0 Å². The van der Waals surface area contributed by atoms with E-state index in [4.69, 9.17) is 4.74 Å². The Labute approximate surface area is 124 Å². The summed E-state index contributed by atoms with van der Waals surface area (Å²) in [5.74, 6) is 2.15. The molecular formula is C16H20N2OS. The van der Waals surface area contributed by atoms with Gasteiger partial charge in [0.15, 0.2) is 0 Å². The number of nitrogens with zero attached hydrogens (tertiary/aromatic N) is 1. The van der Waals surface area contributed by atoms with Crippen LogP contribution < -0.4 is 5.32 Å². The first-order valence-corrected chi connectivity index (χ1v) is 8.32. The molecule has 3 rings (SSSR count). The van der Waals surface area contributed by atoms with Crippen molar-refractivity contribution in [2.45, 2.75) is 19.1 Å². The Hall–Kier alpha value is -1.10. The molecule has 0 aliphatic carbocycles. The van der Waals surface area contributed by atoms with Crippen molar-refractivity contribution in [1.82, 2.24) is 10.3 Å². The molecule has 4 heteroatoms. The second kappa shape index (κ2) is 6.57. The zero-order valence-corrected chi connectivity index (χ0v) is 12.5. The molecule has 3 nitrogen and oxygen atoms in total. The highest BCUT2D eigenvalue weighted by Gasteiger charge is 2.26. The summed E-state index contributed by atoms with van der Waals surface area (Å²) in [6.45, 7) is 3.93. The Morgan fingerprint density at radius 1 is 1.40 bits per heavy atom. The maximum absolute atomic E-state index is 5.99. The van der Waals surface area contributed by atoms with E-state index in [1.165, 1.54) is 10.9 Å². The third-order valence-electron chi connectivity index (χ3n) is 3.65. The summed E-state index contributed by atoms with van der Waals surface area (Å²) in [7, 11) is 0. The van der Waals surface area contributed by atoms with Gasteiger partial charge in [0.2, 0.25) is 0 Å². The molecule has 1 N–H and O–H groups in total. The minimum atomic E-state index is 0.236. The Morgan fingerprint density at radius 2 is 2.35 bits per heavy atom. The average Bonchev–Trinajstić information content (AvgIpc) is 2.53. The number of likely N-dealkylation sites (N-methyl/N-ethyl adjacent to an activating group) is 1. The van der Waals surface area contributed by atoms with Gasteiger partial charge < -0.3 is 10.1 Å². The van der Waals surface area contributed by atoms with Gasteiger partial charge in [-0.15, -0.1) is 0 Å². The lowest BCUT2D eigenvalue weighted by molar-refractivity contribution is 0.0476. The van der Waals surface area contributed by atoms with E-state index in [0.29, 0.717) is 0 Å². The number of fused-ring (bicyclic) bond motifs is 1. The monoisotopic (exact) mass is 288 g/mol. The number of hydrogen-bond acceptors (Lipinski definition) is 4. The first-order chi connectivity index (χ1) is 9.90. The number of rotatable bonds is 4. The van der Waals surface area contributed by atoms with Crippen molar-refractivity contribution >= 4 is 22.7 Å². The van der Waals surface area contributed by atoms with Gasteiger partial charge in [0, 0.05) is 23.1 Å². The van der Waals surface area contributed by atoms with Crippen LogP contribution in [-0.2, 0) is 4.74 Å². The van der Waals surface area contributed by atoms with E-state index in [2.05, 4.69) is 41.5 Å². The number of thioether (sulfide) groups is 1. The van der Waals surface area contributed by atoms with Crippen LogP contribution in [0.5, 0.6) is 0 Å². The van der Waals surface area contributed by atoms with Crippen LogP contribution in [0, 0.1) is 0 Å². The van der Waals surface area contributed by atoms with Gasteiger partial charge in [0.25, 0.3) is 0 Å². The van der Waals surface area contributed by atoms with Gasteiger partial charge in [0.05, 0.1) is 24.3 Å². The number of ether oxygens (including phenoxy) is 1. The molecule has 0 amide bonds. The molecule has 0 saturated carbocycles. The quantitative estimate of drug-likeness (QED) is 0.938. The topological polar surface area (TPSA) is 34.2 Å². The van der Waals surface area contributed by atoms with Crippen molar-refractivity contribution in [3.63, 3.8) is 0 Å². The van der Waals surface area contributed by atoms with E-state index in [-0.39, 0.29) is 12.1 Å². The van der Waals surface area contributed by atoms with Crippen molar-refractivity contribution in [2.75, 3.05) is 24.7 Å². The Bertz CT molecular complexity index is 564. The van der Waals surface area contributed by atoms with E-state index < -0.39 is 0 Å². The highest BCUT2D eigenvalue weighted by molar-refractivity contribution is 7.99. The van der Waals surface area contributed by atoms with Crippen molar-refractivity contribution in [1.29, 1.82) is 0 Å². The standard InChI is InChI=1S/C16H20N2OS/c1-2-17-16(15-11-20-10-9-19-15)13-5-3-7-14-12(13)6-4-8-18-14/h3-8,15-17H,2,9-11H2,1H3. The Morgan fingerprint density at radius 3 is 3.15 bits per heavy atom. The van der Waals surface area contributed by atoms with Gasteiger partial charge in [-0.2, -0.15) is 11.8 Å². The highest BCUT2D eigenvalue weighted by Crippen LogP contribution is 2.30. The van der Waals surface area contributed by atoms with Gasteiger partial charge in [-0.1, -0.05) is 25.1 Å². The molecule has 2 atom stereocenters. The largest absolute Gasteiger partial charge is 0.375 e. The second-order valence-electron chi connectivity index (χ2n) is 4.94. The van der Waals surface area contributed by atoms with E-state index >= 15 is 0 Å². The van der Waals surface area contributed by atoms with E-state index in [0.717, 1.165) is 30.2 Å². The third-order valence-corrected chi connectivity index (χ3v) is 4.67. The van der Waals surface area contributed by atoms with Crippen molar-refractivity contribution < 1.29 is 4.74 Å². The van der Waals surface area contributed by atoms with Crippen LogP contribution in [0.25, 0.3) is 10.9 Å². The molecule has 1 aromatic heterocycles. The molecule has 106 valence electrons. The summed E-state index contributed by atoms with van der Waals surface area (Å²) in [6.07, 6.45) is 2.08. The van der Waals surface area contributed by atoms with Crippen LogP contribution in [0.3, 0.4) is 0 Å². The summed E-state index contributed by atoms with van der Waals surface area (Å²) in [5.41, 5.74) is 2.35. The molecule has 0 spiro atoms. The molecule has 0 bridgehead atoms. The average molecular weight is 288 g/mol. The van der Waals surface area contributed by atoms with Gasteiger partial charge in [-0.05, 0) is 24.2 Å². The lowest BCUT2D eigenvalue weighted by atomic mass is 9.97. The molecular weight excluding hydrogens is 268 g/mol. The van der Waals surface area contributed by atoms with Crippen molar-refractivity contribution in [3.05, 3.63) is 42.1 Å². The van der Waals surface area contributed by atoms with E-state index in [1.807, 2.05) is 24.0 Å². The molecule has 1 fully saturated rings. The zero-order valence-electron chi connectivity index (χ0n) is 11.7. The Kier molecular flexibility index (Phi) is 4.55. The summed E-state index contributed by atoms with van der Waals surface area (Å²) in [5, 5.41) is 4.82. The fraction of sp³-hybridized carbons (Fsp3) is 0.438. The normalized spacial score (nSPS) is 20.9. The van der Waals surface area contributed by atoms with Gasteiger partial charge in [-0.3, -0.25) is 4.98 Å². The van der Waals surface area contributed by atoms with E-state index in [1.54, 1.807) is 0 Å². The van der Waals surface area contributed by atoms with Gasteiger partial charge in [0.1, 0.15) is 0 Å². The molecule has 2 heterocycles.